The van der Waals surface area contributed by atoms with Gasteiger partial charge >= 0.3 is 6.18 Å². The zero-order chi connectivity index (χ0) is 17.9. The van der Waals surface area contributed by atoms with E-state index in [4.69, 9.17) is 5.73 Å². The second-order valence-electron chi connectivity index (χ2n) is 5.05. The Kier molecular flexibility index (Phi) is 4.38. The molecule has 0 radical (unpaired) electrons. The minimum atomic E-state index is -4.38. The van der Waals surface area contributed by atoms with Gasteiger partial charge in [-0.15, -0.1) is 0 Å². The van der Waals surface area contributed by atoms with Gasteiger partial charge in [0.1, 0.15) is 12.0 Å². The van der Waals surface area contributed by atoms with Gasteiger partial charge in [-0.05, 0) is 36.4 Å². The summed E-state index contributed by atoms with van der Waals surface area (Å²) in [5.41, 5.74) is 6.70. The Hall–Kier alpha value is -3.36. The van der Waals surface area contributed by atoms with E-state index in [1.165, 1.54) is 18.5 Å². The van der Waals surface area contributed by atoms with Crippen molar-refractivity contribution in [3.05, 3.63) is 60.7 Å². The predicted molar refractivity (Wildman–Crippen MR) is 88.7 cm³/mol. The molecular formula is C16H13F3N6. The highest BCUT2D eigenvalue weighted by atomic mass is 19.4. The molecule has 0 saturated heterocycles. The fourth-order valence-electron chi connectivity index (χ4n) is 2.05. The van der Waals surface area contributed by atoms with Crippen molar-refractivity contribution >= 4 is 28.7 Å². The van der Waals surface area contributed by atoms with Crippen LogP contribution in [0, 0.1) is 0 Å². The van der Waals surface area contributed by atoms with Gasteiger partial charge in [0.05, 0.1) is 5.56 Å². The van der Waals surface area contributed by atoms with Crippen LogP contribution in [0.1, 0.15) is 5.56 Å². The van der Waals surface area contributed by atoms with Gasteiger partial charge in [-0.1, -0.05) is 0 Å². The van der Waals surface area contributed by atoms with E-state index in [2.05, 4.69) is 25.6 Å². The van der Waals surface area contributed by atoms with Crippen molar-refractivity contribution in [3.8, 4) is 0 Å². The summed E-state index contributed by atoms with van der Waals surface area (Å²) >= 11 is 0. The molecule has 0 aliphatic carbocycles. The Labute approximate surface area is 141 Å². The summed E-state index contributed by atoms with van der Waals surface area (Å²) in [5.74, 6) is 0.655. The van der Waals surface area contributed by atoms with Gasteiger partial charge in [0.15, 0.2) is 11.6 Å². The SMILES string of the molecule is Nc1c(Nc2ccncc2)ncnc1Nc1ccc(C(F)(F)F)cc1. The molecule has 2 heterocycles. The number of anilines is 5. The van der Waals surface area contributed by atoms with Crippen LogP contribution < -0.4 is 16.4 Å². The number of nitrogens with one attached hydrogen (secondary N) is 2. The maximum atomic E-state index is 12.6. The Morgan fingerprint density at radius 3 is 1.84 bits per heavy atom. The molecule has 128 valence electrons. The average molecular weight is 346 g/mol. The molecule has 0 aliphatic heterocycles. The summed E-state index contributed by atoms with van der Waals surface area (Å²) in [6.07, 6.45) is 0.141. The molecule has 4 N–H and O–H groups in total. The third kappa shape index (κ3) is 3.94. The minimum Gasteiger partial charge on any atom is -0.393 e. The second kappa shape index (κ2) is 6.63. The minimum absolute atomic E-state index is 0.235. The highest BCUT2D eigenvalue weighted by molar-refractivity contribution is 5.80. The van der Waals surface area contributed by atoms with Crippen LogP contribution in [0.15, 0.2) is 55.1 Å². The smallest absolute Gasteiger partial charge is 0.393 e. The molecular weight excluding hydrogens is 333 g/mol. The summed E-state index contributed by atoms with van der Waals surface area (Å²) < 4.78 is 37.8. The van der Waals surface area contributed by atoms with E-state index in [0.29, 0.717) is 11.5 Å². The van der Waals surface area contributed by atoms with Crippen molar-refractivity contribution in [1.29, 1.82) is 0 Å². The number of alkyl halides is 3. The van der Waals surface area contributed by atoms with E-state index >= 15 is 0 Å². The molecule has 0 saturated carbocycles. The van der Waals surface area contributed by atoms with Gasteiger partial charge in [-0.2, -0.15) is 13.2 Å². The first kappa shape index (κ1) is 16.5. The van der Waals surface area contributed by atoms with Gasteiger partial charge in [-0.3, -0.25) is 4.98 Å². The third-order valence-electron chi connectivity index (χ3n) is 3.30. The second-order valence-corrected chi connectivity index (χ2v) is 5.05. The van der Waals surface area contributed by atoms with Crippen molar-refractivity contribution in [1.82, 2.24) is 15.0 Å². The van der Waals surface area contributed by atoms with Gasteiger partial charge in [0.2, 0.25) is 0 Å². The number of aromatic nitrogens is 3. The first-order valence-corrected chi connectivity index (χ1v) is 7.15. The highest BCUT2D eigenvalue weighted by Crippen LogP contribution is 2.31. The zero-order valence-corrected chi connectivity index (χ0v) is 12.7. The fourth-order valence-corrected chi connectivity index (χ4v) is 2.05. The Bertz CT molecular complexity index is 850. The summed E-state index contributed by atoms with van der Waals surface area (Å²) in [7, 11) is 0. The number of rotatable bonds is 4. The van der Waals surface area contributed by atoms with Crippen LogP contribution in [0.3, 0.4) is 0 Å². The van der Waals surface area contributed by atoms with Crippen LogP contribution in [0.5, 0.6) is 0 Å². The van der Waals surface area contributed by atoms with Crippen molar-refractivity contribution in [2.75, 3.05) is 16.4 Å². The van der Waals surface area contributed by atoms with Crippen LogP contribution in [0.2, 0.25) is 0 Å². The fraction of sp³-hybridized carbons (Fsp3) is 0.0625. The number of nitrogens with two attached hydrogens (primary N) is 1. The Morgan fingerprint density at radius 2 is 1.32 bits per heavy atom. The van der Waals surface area contributed by atoms with Crippen molar-refractivity contribution in [2.24, 2.45) is 0 Å². The summed E-state index contributed by atoms with van der Waals surface area (Å²) in [6, 6.07) is 8.06. The summed E-state index contributed by atoms with van der Waals surface area (Å²) in [6.45, 7) is 0. The molecule has 3 aromatic rings. The first-order chi connectivity index (χ1) is 11.9. The molecule has 3 rings (SSSR count). The number of hydrogen-bond acceptors (Lipinski definition) is 6. The lowest BCUT2D eigenvalue weighted by atomic mass is 10.2. The molecule has 2 aromatic heterocycles. The Balaban J connectivity index is 1.80. The van der Waals surface area contributed by atoms with Crippen molar-refractivity contribution in [3.63, 3.8) is 0 Å². The topological polar surface area (TPSA) is 88.8 Å². The van der Waals surface area contributed by atoms with Crippen molar-refractivity contribution in [2.45, 2.75) is 6.18 Å². The standard InChI is InChI=1S/C16H13F3N6/c17-16(18,19)10-1-3-11(4-2-10)24-14-13(20)15(23-9-22-14)25-12-5-7-21-8-6-12/h1-9H,20H2,(H2,21,22,23,24,25). The van der Waals surface area contributed by atoms with E-state index in [9.17, 15) is 13.2 Å². The van der Waals surface area contributed by atoms with E-state index in [0.717, 1.165) is 17.8 Å². The molecule has 9 heteroatoms. The quantitative estimate of drug-likeness (QED) is 0.663. The molecule has 0 unspecified atom stereocenters. The Morgan fingerprint density at radius 1 is 0.800 bits per heavy atom. The monoisotopic (exact) mass is 346 g/mol. The van der Waals surface area contributed by atoms with Gasteiger partial charge in [-0.25, -0.2) is 9.97 Å². The lowest BCUT2D eigenvalue weighted by Gasteiger charge is -2.13. The van der Waals surface area contributed by atoms with Crippen LogP contribution in [-0.2, 0) is 6.18 Å². The molecule has 0 atom stereocenters. The van der Waals surface area contributed by atoms with Crippen LogP contribution in [0.25, 0.3) is 0 Å². The highest BCUT2D eigenvalue weighted by Gasteiger charge is 2.29. The maximum Gasteiger partial charge on any atom is 0.416 e. The molecule has 0 aliphatic rings. The normalized spacial score (nSPS) is 11.2. The average Bonchev–Trinajstić information content (AvgIpc) is 2.59. The van der Waals surface area contributed by atoms with Crippen LogP contribution in [0.4, 0.5) is 41.9 Å². The largest absolute Gasteiger partial charge is 0.416 e. The first-order valence-electron chi connectivity index (χ1n) is 7.15. The molecule has 0 fully saturated rings. The lowest BCUT2D eigenvalue weighted by molar-refractivity contribution is -0.137. The summed E-state index contributed by atoms with van der Waals surface area (Å²) in [5, 5.41) is 5.90. The molecule has 6 nitrogen and oxygen atoms in total. The maximum absolute atomic E-state index is 12.6. The summed E-state index contributed by atoms with van der Waals surface area (Å²) in [4.78, 5) is 12.0. The predicted octanol–water partition coefficient (Wildman–Crippen LogP) is 3.96. The number of pyridine rings is 1. The number of halogens is 3. The molecule has 0 bridgehead atoms. The lowest BCUT2D eigenvalue weighted by Crippen LogP contribution is -2.06. The van der Waals surface area contributed by atoms with E-state index < -0.39 is 11.7 Å². The van der Waals surface area contributed by atoms with Crippen LogP contribution in [-0.4, -0.2) is 15.0 Å². The van der Waals surface area contributed by atoms with E-state index in [-0.39, 0.29) is 11.5 Å². The number of benzene rings is 1. The van der Waals surface area contributed by atoms with E-state index in [1.807, 2.05) is 0 Å². The molecule has 25 heavy (non-hydrogen) atoms. The zero-order valence-electron chi connectivity index (χ0n) is 12.7. The van der Waals surface area contributed by atoms with Gasteiger partial charge in [0, 0.05) is 23.8 Å². The van der Waals surface area contributed by atoms with E-state index in [1.54, 1.807) is 24.5 Å². The third-order valence-corrected chi connectivity index (χ3v) is 3.30. The van der Waals surface area contributed by atoms with Gasteiger partial charge in [0.25, 0.3) is 0 Å². The van der Waals surface area contributed by atoms with Crippen LogP contribution >= 0.6 is 0 Å². The number of nitrogens with zero attached hydrogens (tertiary/aromatic N) is 3. The van der Waals surface area contributed by atoms with Crippen molar-refractivity contribution < 1.29 is 13.2 Å². The van der Waals surface area contributed by atoms with Gasteiger partial charge < -0.3 is 16.4 Å². The number of hydrogen-bond donors (Lipinski definition) is 3. The molecule has 1 aromatic carbocycles. The number of nitrogen functional groups attached to an aromatic ring is 1. The molecule has 0 amide bonds. The molecule has 0 spiro atoms.